The highest BCUT2D eigenvalue weighted by Crippen LogP contribution is 2.43. The summed E-state index contributed by atoms with van der Waals surface area (Å²) in [5.74, 6) is -0.169. The molecule has 1 aliphatic rings. The van der Waals surface area contributed by atoms with E-state index in [0.29, 0.717) is 5.69 Å². The lowest BCUT2D eigenvalue weighted by atomic mass is 9.71. The molecular weight excluding hydrogens is 261 g/mol. The standard InChI is InChI=1S/C19H22FN/c1-13-7-6-10-16(20)18(13)21-17-11-12-19(2,3)15-9-5-4-8-14(15)17/h4-10,17,21H,11-12H2,1-3H3. The van der Waals surface area contributed by atoms with E-state index in [-0.39, 0.29) is 17.3 Å². The molecule has 0 saturated carbocycles. The van der Waals surface area contributed by atoms with Gasteiger partial charge in [-0.25, -0.2) is 4.39 Å². The quantitative estimate of drug-likeness (QED) is 0.782. The Morgan fingerprint density at radius 2 is 1.86 bits per heavy atom. The van der Waals surface area contributed by atoms with Crippen LogP contribution in [-0.4, -0.2) is 0 Å². The maximum absolute atomic E-state index is 14.1. The Bertz CT molecular complexity index is 640. The molecule has 21 heavy (non-hydrogen) atoms. The van der Waals surface area contributed by atoms with Gasteiger partial charge in [0, 0.05) is 0 Å². The third kappa shape index (κ3) is 2.55. The molecule has 2 heteroatoms. The first-order valence-corrected chi connectivity index (χ1v) is 7.60. The highest BCUT2D eigenvalue weighted by atomic mass is 19.1. The molecule has 0 radical (unpaired) electrons. The second-order valence-corrected chi connectivity index (χ2v) is 6.64. The summed E-state index contributed by atoms with van der Waals surface area (Å²) in [4.78, 5) is 0. The Balaban J connectivity index is 1.98. The fourth-order valence-corrected chi connectivity index (χ4v) is 3.35. The van der Waals surface area contributed by atoms with Crippen molar-refractivity contribution in [3.8, 4) is 0 Å². The Labute approximate surface area is 126 Å². The number of benzene rings is 2. The molecule has 0 amide bonds. The van der Waals surface area contributed by atoms with E-state index in [1.807, 2.05) is 13.0 Å². The van der Waals surface area contributed by atoms with Gasteiger partial charge in [0.05, 0.1) is 11.7 Å². The molecule has 2 aromatic rings. The minimum absolute atomic E-state index is 0.169. The van der Waals surface area contributed by atoms with Crippen LogP contribution < -0.4 is 5.32 Å². The predicted octanol–water partition coefficient (Wildman–Crippen LogP) is 5.36. The first-order valence-electron chi connectivity index (χ1n) is 7.60. The van der Waals surface area contributed by atoms with Gasteiger partial charge in [-0.1, -0.05) is 50.2 Å². The molecule has 0 saturated heterocycles. The molecule has 0 heterocycles. The van der Waals surface area contributed by atoms with Gasteiger partial charge >= 0.3 is 0 Å². The minimum Gasteiger partial charge on any atom is -0.376 e. The van der Waals surface area contributed by atoms with E-state index in [0.717, 1.165) is 18.4 Å². The predicted molar refractivity (Wildman–Crippen MR) is 86.2 cm³/mol. The summed E-state index contributed by atoms with van der Waals surface area (Å²) in [7, 11) is 0. The molecule has 0 fully saturated rings. The van der Waals surface area contributed by atoms with Crippen molar-refractivity contribution in [1.82, 2.24) is 0 Å². The zero-order valence-electron chi connectivity index (χ0n) is 12.9. The van der Waals surface area contributed by atoms with Crippen molar-refractivity contribution in [3.05, 3.63) is 65.0 Å². The van der Waals surface area contributed by atoms with Crippen molar-refractivity contribution in [2.24, 2.45) is 0 Å². The second kappa shape index (κ2) is 5.18. The van der Waals surface area contributed by atoms with E-state index in [9.17, 15) is 4.39 Å². The van der Waals surface area contributed by atoms with Crippen molar-refractivity contribution >= 4 is 5.69 Å². The van der Waals surface area contributed by atoms with Crippen molar-refractivity contribution in [2.45, 2.75) is 45.1 Å². The van der Waals surface area contributed by atoms with Gasteiger partial charge in [-0.15, -0.1) is 0 Å². The molecule has 0 aromatic heterocycles. The fraction of sp³-hybridized carbons (Fsp3) is 0.368. The summed E-state index contributed by atoms with van der Waals surface area (Å²) in [6.45, 7) is 6.52. The third-order valence-electron chi connectivity index (χ3n) is 4.66. The SMILES string of the molecule is Cc1cccc(F)c1NC1CCC(C)(C)c2ccccc21. The van der Waals surface area contributed by atoms with E-state index in [1.54, 1.807) is 6.07 Å². The van der Waals surface area contributed by atoms with Crippen LogP contribution in [0.3, 0.4) is 0 Å². The Morgan fingerprint density at radius 3 is 2.62 bits per heavy atom. The van der Waals surface area contributed by atoms with E-state index >= 15 is 0 Å². The minimum atomic E-state index is -0.169. The molecule has 1 N–H and O–H groups in total. The fourth-order valence-electron chi connectivity index (χ4n) is 3.35. The van der Waals surface area contributed by atoms with Crippen LogP contribution >= 0.6 is 0 Å². The number of hydrogen-bond donors (Lipinski definition) is 1. The number of hydrogen-bond acceptors (Lipinski definition) is 1. The van der Waals surface area contributed by atoms with Crippen molar-refractivity contribution in [3.63, 3.8) is 0 Å². The van der Waals surface area contributed by atoms with Gasteiger partial charge in [0.1, 0.15) is 5.82 Å². The number of nitrogens with one attached hydrogen (secondary N) is 1. The number of para-hydroxylation sites is 1. The molecule has 0 aliphatic heterocycles. The molecule has 1 nitrogen and oxygen atoms in total. The highest BCUT2D eigenvalue weighted by molar-refractivity contribution is 5.54. The molecule has 0 bridgehead atoms. The van der Waals surface area contributed by atoms with E-state index < -0.39 is 0 Å². The zero-order valence-corrected chi connectivity index (χ0v) is 12.9. The normalized spacial score (nSPS) is 19.9. The molecule has 3 rings (SSSR count). The van der Waals surface area contributed by atoms with Crippen LogP contribution in [0.4, 0.5) is 10.1 Å². The molecule has 110 valence electrons. The van der Waals surface area contributed by atoms with E-state index in [2.05, 4.69) is 43.4 Å². The lowest BCUT2D eigenvalue weighted by Crippen LogP contribution is -2.29. The second-order valence-electron chi connectivity index (χ2n) is 6.64. The summed E-state index contributed by atoms with van der Waals surface area (Å²) in [6.07, 6.45) is 2.13. The Morgan fingerprint density at radius 1 is 1.10 bits per heavy atom. The van der Waals surface area contributed by atoms with Gasteiger partial charge in [-0.2, -0.15) is 0 Å². The monoisotopic (exact) mass is 283 g/mol. The topological polar surface area (TPSA) is 12.0 Å². The number of fused-ring (bicyclic) bond motifs is 1. The smallest absolute Gasteiger partial charge is 0.146 e. The summed E-state index contributed by atoms with van der Waals surface area (Å²) < 4.78 is 14.1. The third-order valence-corrected chi connectivity index (χ3v) is 4.66. The average molecular weight is 283 g/mol. The first kappa shape index (κ1) is 14.1. The Hall–Kier alpha value is -1.83. The van der Waals surface area contributed by atoms with Gasteiger partial charge < -0.3 is 5.32 Å². The van der Waals surface area contributed by atoms with E-state index in [4.69, 9.17) is 0 Å². The van der Waals surface area contributed by atoms with Crippen molar-refractivity contribution in [2.75, 3.05) is 5.32 Å². The van der Waals surface area contributed by atoms with Crippen LogP contribution in [0.1, 0.15) is 49.4 Å². The molecule has 2 aromatic carbocycles. The zero-order chi connectivity index (χ0) is 15.0. The molecule has 0 spiro atoms. The van der Waals surface area contributed by atoms with E-state index in [1.165, 1.54) is 17.2 Å². The summed E-state index contributed by atoms with van der Waals surface area (Å²) >= 11 is 0. The lowest BCUT2D eigenvalue weighted by molar-refractivity contribution is 0.405. The van der Waals surface area contributed by atoms with Gasteiger partial charge in [-0.3, -0.25) is 0 Å². The number of rotatable bonds is 2. The molecule has 1 atom stereocenters. The highest BCUT2D eigenvalue weighted by Gasteiger charge is 2.32. The van der Waals surface area contributed by atoms with Gasteiger partial charge in [0.2, 0.25) is 0 Å². The van der Waals surface area contributed by atoms with Gasteiger partial charge in [0.25, 0.3) is 0 Å². The van der Waals surface area contributed by atoms with Gasteiger partial charge in [0.15, 0.2) is 0 Å². The van der Waals surface area contributed by atoms with Crippen molar-refractivity contribution in [1.29, 1.82) is 0 Å². The largest absolute Gasteiger partial charge is 0.376 e. The van der Waals surface area contributed by atoms with Crippen LogP contribution in [0.15, 0.2) is 42.5 Å². The van der Waals surface area contributed by atoms with Gasteiger partial charge in [-0.05, 0) is 47.9 Å². The molecule has 1 aliphatic carbocycles. The van der Waals surface area contributed by atoms with Crippen LogP contribution in [-0.2, 0) is 5.41 Å². The molecule has 1 unspecified atom stereocenters. The van der Waals surface area contributed by atoms with Crippen molar-refractivity contribution < 1.29 is 4.39 Å². The number of aryl methyl sites for hydroxylation is 1. The lowest BCUT2D eigenvalue weighted by Gasteiger charge is -2.38. The maximum Gasteiger partial charge on any atom is 0.146 e. The van der Waals surface area contributed by atoms with Crippen LogP contribution in [0, 0.1) is 12.7 Å². The maximum atomic E-state index is 14.1. The number of anilines is 1. The van der Waals surface area contributed by atoms with Crippen LogP contribution in [0.5, 0.6) is 0 Å². The summed E-state index contributed by atoms with van der Waals surface area (Å²) in [5.41, 5.74) is 4.47. The molecular formula is C19H22FN. The first-order chi connectivity index (χ1) is 9.99. The summed E-state index contributed by atoms with van der Waals surface area (Å²) in [5, 5.41) is 3.44. The van der Waals surface area contributed by atoms with Crippen LogP contribution in [0.25, 0.3) is 0 Å². The Kier molecular flexibility index (Phi) is 3.48. The number of halogens is 1. The average Bonchev–Trinajstić information content (AvgIpc) is 2.45. The van der Waals surface area contributed by atoms with Crippen LogP contribution in [0.2, 0.25) is 0 Å². The summed E-state index contributed by atoms with van der Waals surface area (Å²) in [6, 6.07) is 14.0.